The van der Waals surface area contributed by atoms with Crippen molar-refractivity contribution in [1.82, 2.24) is 5.32 Å². The van der Waals surface area contributed by atoms with Crippen LogP contribution >= 0.6 is 0 Å². The number of aliphatic hydroxyl groups excluding tert-OH is 2. The Morgan fingerprint density at radius 3 is 2.24 bits per heavy atom. The highest BCUT2D eigenvalue weighted by Gasteiger charge is 2.40. The van der Waals surface area contributed by atoms with Crippen molar-refractivity contribution in [1.29, 1.82) is 0 Å². The maximum absolute atomic E-state index is 13.6. The predicted molar refractivity (Wildman–Crippen MR) is 163 cm³/mol. The largest absolute Gasteiger partial charge is 0.507 e. The first kappa shape index (κ1) is 30.6. The SMILES string of the molecule is C=C(/C(=C\C(C)c1ccc(C2(C)C=C3C=C(C)C(O)=C(O)C3N2)cc1)C(=O)O)C(C(=O)C1CCC(C)CC1)C(C)C. The number of hydrogen-bond acceptors (Lipinski definition) is 5. The number of carbonyl (C=O) groups is 2. The highest BCUT2D eigenvalue weighted by atomic mass is 16.4. The average molecular weight is 560 g/mol. The Morgan fingerprint density at radius 1 is 1.07 bits per heavy atom. The van der Waals surface area contributed by atoms with Crippen LogP contribution < -0.4 is 5.32 Å². The molecular weight excluding hydrogens is 514 g/mol. The zero-order valence-corrected chi connectivity index (χ0v) is 25.2. The molecule has 2 aliphatic carbocycles. The van der Waals surface area contributed by atoms with Crippen molar-refractivity contribution in [2.24, 2.45) is 23.7 Å². The van der Waals surface area contributed by atoms with E-state index in [1.165, 1.54) is 0 Å². The monoisotopic (exact) mass is 559 g/mol. The molecule has 1 saturated carbocycles. The number of ketones is 1. The number of allylic oxidation sites excluding steroid dienone is 2. The summed E-state index contributed by atoms with van der Waals surface area (Å²) in [5, 5.41) is 34.3. The second-order valence-corrected chi connectivity index (χ2v) is 12.9. The van der Waals surface area contributed by atoms with Crippen molar-refractivity contribution in [2.75, 3.05) is 0 Å². The van der Waals surface area contributed by atoms with Crippen LogP contribution in [0.3, 0.4) is 0 Å². The summed E-state index contributed by atoms with van der Waals surface area (Å²) in [5.41, 5.74) is 3.40. The Hall–Kier alpha value is -3.38. The molecule has 6 nitrogen and oxygen atoms in total. The Bertz CT molecular complexity index is 1340. The van der Waals surface area contributed by atoms with E-state index in [1.54, 1.807) is 13.0 Å². The lowest BCUT2D eigenvalue weighted by Gasteiger charge is -2.31. The van der Waals surface area contributed by atoms with Gasteiger partial charge in [0.05, 0.1) is 17.2 Å². The van der Waals surface area contributed by atoms with Gasteiger partial charge >= 0.3 is 5.97 Å². The van der Waals surface area contributed by atoms with Crippen LogP contribution in [-0.2, 0) is 15.1 Å². The highest BCUT2D eigenvalue weighted by molar-refractivity contribution is 5.96. The average Bonchev–Trinajstić information content (AvgIpc) is 3.27. The van der Waals surface area contributed by atoms with Gasteiger partial charge in [-0.15, -0.1) is 0 Å². The lowest BCUT2D eigenvalue weighted by Crippen LogP contribution is -2.41. The Labute approximate surface area is 244 Å². The lowest BCUT2D eigenvalue weighted by atomic mass is 9.72. The number of hydrogen-bond donors (Lipinski definition) is 4. The topological polar surface area (TPSA) is 107 Å². The summed E-state index contributed by atoms with van der Waals surface area (Å²) in [6, 6.07) is 7.49. The number of benzene rings is 1. The molecule has 1 aromatic carbocycles. The summed E-state index contributed by atoms with van der Waals surface area (Å²) in [6.45, 7) is 16.1. The number of rotatable bonds is 9. The van der Waals surface area contributed by atoms with Crippen LogP contribution in [0.4, 0.5) is 0 Å². The fourth-order valence-corrected chi connectivity index (χ4v) is 6.68. The molecule has 0 spiro atoms. The van der Waals surface area contributed by atoms with Crippen LogP contribution in [0.25, 0.3) is 0 Å². The van der Waals surface area contributed by atoms with Gasteiger partial charge in [-0.25, -0.2) is 4.79 Å². The summed E-state index contributed by atoms with van der Waals surface area (Å²) >= 11 is 0. The summed E-state index contributed by atoms with van der Waals surface area (Å²) in [5.74, 6) is -1.27. The van der Waals surface area contributed by atoms with Gasteiger partial charge in [0, 0.05) is 17.8 Å². The second kappa shape index (κ2) is 11.8. The third kappa shape index (κ3) is 6.13. The fraction of sp³-hybridized carbons (Fsp3) is 0.486. The maximum Gasteiger partial charge on any atom is 0.335 e. The fourth-order valence-electron chi connectivity index (χ4n) is 6.68. The zero-order chi connectivity index (χ0) is 30.2. The summed E-state index contributed by atoms with van der Waals surface area (Å²) < 4.78 is 0. The van der Waals surface area contributed by atoms with Crippen LogP contribution in [0.15, 0.2) is 82.9 Å². The first-order chi connectivity index (χ1) is 19.2. The Morgan fingerprint density at radius 2 is 1.68 bits per heavy atom. The zero-order valence-electron chi connectivity index (χ0n) is 25.2. The molecule has 4 unspecified atom stereocenters. The van der Waals surface area contributed by atoms with Gasteiger partial charge in [-0.2, -0.15) is 0 Å². The number of fused-ring (bicyclic) bond motifs is 1. The van der Waals surface area contributed by atoms with Crippen LogP contribution in [0.1, 0.15) is 84.3 Å². The molecule has 220 valence electrons. The molecule has 6 heteroatoms. The van der Waals surface area contributed by atoms with Crippen molar-refractivity contribution in [3.05, 3.63) is 94.0 Å². The number of carbonyl (C=O) groups excluding carboxylic acids is 1. The summed E-state index contributed by atoms with van der Waals surface area (Å²) in [6.07, 6.45) is 9.45. The van der Waals surface area contributed by atoms with E-state index in [4.69, 9.17) is 0 Å². The molecular formula is C35H45NO5. The van der Waals surface area contributed by atoms with Gasteiger partial charge in [-0.3, -0.25) is 10.1 Å². The van der Waals surface area contributed by atoms with Gasteiger partial charge in [0.15, 0.2) is 11.5 Å². The van der Waals surface area contributed by atoms with Crippen molar-refractivity contribution < 1.29 is 24.9 Å². The standard InChI is InChI=1S/C35H45NO5/c1-19(2)29(32(38)25-10-8-20(3)9-11-25)23(6)28(34(40)41)17-21(4)24-12-14-27(15-13-24)35(7)18-26-16-22(5)31(37)33(39)30(26)36-35/h12-21,25,29-30,36-37,39H,6,8-11H2,1-5,7H3,(H,40,41)/b28-17+. The molecule has 4 atom stereocenters. The number of carboxylic acid groups (broad SMARTS) is 1. The van der Waals surface area contributed by atoms with Crippen LogP contribution in [0.2, 0.25) is 0 Å². The van der Waals surface area contributed by atoms with Crippen molar-refractivity contribution >= 4 is 11.8 Å². The first-order valence-corrected chi connectivity index (χ1v) is 14.8. The van der Waals surface area contributed by atoms with Crippen LogP contribution in [0.5, 0.6) is 0 Å². The van der Waals surface area contributed by atoms with Crippen LogP contribution in [-0.4, -0.2) is 33.1 Å². The summed E-state index contributed by atoms with van der Waals surface area (Å²) in [4.78, 5) is 26.0. The quantitative estimate of drug-likeness (QED) is 0.185. The molecule has 0 aromatic heterocycles. The molecule has 1 fully saturated rings. The van der Waals surface area contributed by atoms with E-state index in [9.17, 15) is 24.9 Å². The van der Waals surface area contributed by atoms with Gasteiger partial charge in [-0.05, 0) is 66.4 Å². The molecule has 1 aliphatic heterocycles. The molecule has 0 bridgehead atoms. The minimum atomic E-state index is -1.06. The molecule has 4 rings (SSSR count). The number of Topliss-reactive ketones (excluding diaryl/α,β-unsaturated/α-hetero) is 1. The number of nitrogens with one attached hydrogen (secondary N) is 1. The van der Waals surface area contributed by atoms with Gasteiger partial charge in [0.1, 0.15) is 5.78 Å². The van der Waals surface area contributed by atoms with Crippen molar-refractivity contribution in [2.45, 2.75) is 84.7 Å². The number of carboxylic acids is 1. The first-order valence-electron chi connectivity index (χ1n) is 14.8. The smallest absolute Gasteiger partial charge is 0.335 e. The molecule has 1 heterocycles. The van der Waals surface area contributed by atoms with Gasteiger partial charge in [-0.1, -0.05) is 89.6 Å². The molecule has 0 radical (unpaired) electrons. The molecule has 0 saturated heterocycles. The molecule has 1 aromatic rings. The van der Waals surface area contributed by atoms with E-state index in [2.05, 4.69) is 24.9 Å². The van der Waals surface area contributed by atoms with E-state index in [0.29, 0.717) is 17.1 Å². The van der Waals surface area contributed by atoms with E-state index in [0.717, 1.165) is 42.4 Å². The van der Waals surface area contributed by atoms with Crippen molar-refractivity contribution in [3.63, 3.8) is 0 Å². The van der Waals surface area contributed by atoms with E-state index in [-0.39, 0.29) is 40.6 Å². The van der Waals surface area contributed by atoms with E-state index >= 15 is 0 Å². The Balaban J connectivity index is 1.55. The van der Waals surface area contributed by atoms with Crippen LogP contribution in [0, 0.1) is 23.7 Å². The minimum absolute atomic E-state index is 0.0273. The number of aliphatic hydroxyl groups is 2. The van der Waals surface area contributed by atoms with E-state index < -0.39 is 23.5 Å². The third-order valence-corrected chi connectivity index (χ3v) is 9.30. The third-order valence-electron chi connectivity index (χ3n) is 9.30. The lowest BCUT2D eigenvalue weighted by molar-refractivity contribution is -0.132. The predicted octanol–water partition coefficient (Wildman–Crippen LogP) is 7.43. The second-order valence-electron chi connectivity index (χ2n) is 12.9. The molecule has 4 N–H and O–H groups in total. The summed E-state index contributed by atoms with van der Waals surface area (Å²) in [7, 11) is 0. The van der Waals surface area contributed by atoms with Gasteiger partial charge < -0.3 is 15.3 Å². The van der Waals surface area contributed by atoms with Gasteiger partial charge in [0.2, 0.25) is 0 Å². The van der Waals surface area contributed by atoms with E-state index in [1.807, 2.05) is 58.0 Å². The Kier molecular flexibility index (Phi) is 8.84. The molecule has 3 aliphatic rings. The normalized spacial score (nSPS) is 28.1. The molecule has 41 heavy (non-hydrogen) atoms. The molecule has 0 amide bonds. The van der Waals surface area contributed by atoms with Crippen molar-refractivity contribution in [3.8, 4) is 0 Å². The maximum atomic E-state index is 13.6. The number of aliphatic carboxylic acids is 1. The minimum Gasteiger partial charge on any atom is -0.507 e. The van der Waals surface area contributed by atoms with Gasteiger partial charge in [0.25, 0.3) is 0 Å². The highest BCUT2D eigenvalue weighted by Crippen LogP contribution is 2.39.